The fourth-order valence-electron chi connectivity index (χ4n) is 7.37. The van der Waals surface area contributed by atoms with E-state index in [1.54, 1.807) is 0 Å². The predicted molar refractivity (Wildman–Crippen MR) is 224 cm³/mol. The summed E-state index contributed by atoms with van der Waals surface area (Å²) in [6.07, 6.45) is 6.10. The summed E-state index contributed by atoms with van der Waals surface area (Å²) in [5.41, 5.74) is 8.60. The Bertz CT molecular complexity index is 2520. The molecule has 0 amide bonds. The quantitative estimate of drug-likeness (QED) is 0.149. The van der Waals surface area contributed by atoms with Gasteiger partial charge in [0.05, 0.1) is 0 Å². The van der Waals surface area contributed by atoms with Crippen molar-refractivity contribution in [2.24, 2.45) is 0 Å². The van der Waals surface area contributed by atoms with Gasteiger partial charge in [-0.2, -0.15) is 6.07 Å². The molecule has 2 aromatic heterocycles. The molecule has 0 bridgehead atoms. The van der Waals surface area contributed by atoms with Crippen molar-refractivity contribution in [2.75, 3.05) is 9.80 Å². The summed E-state index contributed by atoms with van der Waals surface area (Å²) < 4.78 is 8.90. The number of hydrogen-bond acceptors (Lipinski definition) is 4. The van der Waals surface area contributed by atoms with Crippen molar-refractivity contribution < 1.29 is 25.8 Å². The third kappa shape index (κ3) is 7.35. The first-order valence-electron chi connectivity index (χ1n) is 18.7. The fraction of sp³-hybridized carbons (Fsp3) is 0.224. The molecule has 0 saturated carbocycles. The van der Waals surface area contributed by atoms with E-state index in [1.165, 1.54) is 16.7 Å². The van der Waals surface area contributed by atoms with Crippen LogP contribution in [0.25, 0.3) is 27.6 Å². The minimum absolute atomic E-state index is 0. The second kappa shape index (κ2) is 14.5. The molecule has 1 aliphatic rings. The number of ether oxygens (including phenoxy) is 1. The van der Waals surface area contributed by atoms with Crippen molar-refractivity contribution in [1.82, 2.24) is 9.55 Å². The number of nitrogens with zero attached hydrogens (tertiary/aromatic N) is 4. The van der Waals surface area contributed by atoms with Crippen LogP contribution >= 0.6 is 0 Å². The largest absolute Gasteiger partial charge is 0.509 e. The molecule has 0 N–H and O–H groups in total. The Kier molecular flexibility index (Phi) is 10.1. The van der Waals surface area contributed by atoms with E-state index in [0.29, 0.717) is 11.5 Å². The van der Waals surface area contributed by atoms with E-state index in [-0.39, 0.29) is 37.3 Å². The number of rotatable bonds is 7. The molecule has 0 radical (unpaired) electrons. The molecule has 0 fully saturated rings. The Hall–Kier alpha value is -5.12. The summed E-state index contributed by atoms with van der Waals surface area (Å²) in [5.74, 6) is 2.09. The van der Waals surface area contributed by atoms with Crippen molar-refractivity contribution in [3.63, 3.8) is 0 Å². The van der Waals surface area contributed by atoms with E-state index in [1.807, 2.05) is 12.3 Å². The van der Waals surface area contributed by atoms with Crippen LogP contribution in [-0.4, -0.2) is 9.55 Å². The normalized spacial score (nSPS) is 13.5. The van der Waals surface area contributed by atoms with Gasteiger partial charge in [-0.05, 0) is 69.6 Å². The first-order chi connectivity index (χ1) is 25.8. The SMILES string of the molecule is CC(C)(C)c1cc(Oc2[c-]c3c(cc2)c2ccccc2n3-c2cc(C(C)(C)c3ccccc3)ccn2)[c-]c(N2C=CN(c3ccccc3C(C)(C)C)[CH-]2)c1.[Pt]. The molecule has 0 spiro atoms. The second-order valence-corrected chi connectivity index (χ2v) is 16.8. The van der Waals surface area contributed by atoms with Gasteiger partial charge in [-0.15, -0.1) is 53.6 Å². The number of anilines is 2. The zero-order valence-electron chi connectivity index (χ0n) is 32.8. The maximum Gasteiger partial charge on any atom is 0.135 e. The molecule has 5 aromatic carbocycles. The molecule has 7 aromatic rings. The zero-order chi connectivity index (χ0) is 37.8. The average molecular weight is 903 g/mol. The molecule has 8 rings (SSSR count). The molecule has 0 aliphatic carbocycles. The van der Waals surface area contributed by atoms with Crippen LogP contribution in [0.1, 0.15) is 77.6 Å². The Morgan fingerprint density at radius 3 is 2.07 bits per heavy atom. The Morgan fingerprint density at radius 2 is 1.31 bits per heavy atom. The van der Waals surface area contributed by atoms with E-state index in [0.717, 1.165) is 44.6 Å². The molecule has 5 nitrogen and oxygen atoms in total. The van der Waals surface area contributed by atoms with Crippen LogP contribution in [0.3, 0.4) is 0 Å². The van der Waals surface area contributed by atoms with Crippen LogP contribution < -0.4 is 14.5 Å². The van der Waals surface area contributed by atoms with Gasteiger partial charge >= 0.3 is 0 Å². The average Bonchev–Trinajstić information content (AvgIpc) is 3.78. The van der Waals surface area contributed by atoms with Gasteiger partial charge in [0.2, 0.25) is 0 Å². The number of hydrogen-bond donors (Lipinski definition) is 0. The number of para-hydroxylation sites is 2. The minimum atomic E-state index is -0.212. The Balaban J connectivity index is 0.00000465. The van der Waals surface area contributed by atoms with Crippen LogP contribution in [0.2, 0.25) is 0 Å². The molecule has 282 valence electrons. The molecular weight excluding hydrogens is 856 g/mol. The van der Waals surface area contributed by atoms with Crippen molar-refractivity contribution in [3.8, 4) is 17.3 Å². The standard InChI is InChI=1S/C49H47N4O.Pt/c1-47(2,3)36-28-37(51-26-27-52(33-51)44-21-15-13-19-42(44)48(4,5)6)31-39(29-36)54-38-22-23-41-40-18-12-14-20-43(40)53(45(41)32-38)46-30-35(24-25-50-46)49(7,8)34-16-10-9-11-17-34;/h9-30,33H,1-8H3;/q-3;. The maximum atomic E-state index is 6.70. The molecule has 6 heteroatoms. The maximum absolute atomic E-state index is 6.70. The fourth-order valence-corrected chi connectivity index (χ4v) is 7.37. The van der Waals surface area contributed by atoms with Gasteiger partial charge in [0, 0.05) is 55.4 Å². The monoisotopic (exact) mass is 902 g/mol. The molecule has 0 unspecified atom stereocenters. The van der Waals surface area contributed by atoms with Crippen molar-refractivity contribution in [2.45, 2.75) is 71.6 Å². The van der Waals surface area contributed by atoms with Gasteiger partial charge in [0.25, 0.3) is 0 Å². The number of fused-ring (bicyclic) bond motifs is 3. The molecule has 55 heavy (non-hydrogen) atoms. The van der Waals surface area contributed by atoms with Crippen LogP contribution in [0.4, 0.5) is 11.4 Å². The van der Waals surface area contributed by atoms with Gasteiger partial charge in [-0.1, -0.05) is 128 Å². The smallest absolute Gasteiger partial charge is 0.135 e. The number of aromatic nitrogens is 2. The number of benzene rings is 5. The first kappa shape index (κ1) is 38.2. The van der Waals surface area contributed by atoms with Crippen LogP contribution in [0.5, 0.6) is 11.5 Å². The summed E-state index contributed by atoms with van der Waals surface area (Å²) in [6, 6.07) is 47.7. The Morgan fingerprint density at radius 1 is 0.600 bits per heavy atom. The Labute approximate surface area is 340 Å². The summed E-state index contributed by atoms with van der Waals surface area (Å²) in [7, 11) is 0. The molecule has 0 saturated heterocycles. The predicted octanol–water partition coefficient (Wildman–Crippen LogP) is 12.4. The first-order valence-corrected chi connectivity index (χ1v) is 18.7. The van der Waals surface area contributed by atoms with E-state index < -0.39 is 0 Å². The molecule has 3 heterocycles. The van der Waals surface area contributed by atoms with E-state index in [4.69, 9.17) is 9.72 Å². The number of pyridine rings is 1. The van der Waals surface area contributed by atoms with Crippen molar-refractivity contribution in [1.29, 1.82) is 0 Å². The summed E-state index contributed by atoms with van der Waals surface area (Å²) >= 11 is 0. The van der Waals surface area contributed by atoms with Crippen molar-refractivity contribution >= 4 is 33.2 Å². The van der Waals surface area contributed by atoms with Crippen LogP contribution in [0.15, 0.2) is 134 Å². The van der Waals surface area contributed by atoms with Gasteiger partial charge in [-0.3, -0.25) is 0 Å². The minimum Gasteiger partial charge on any atom is -0.509 e. The second-order valence-electron chi connectivity index (χ2n) is 16.8. The van der Waals surface area contributed by atoms with Crippen LogP contribution in [-0.2, 0) is 37.3 Å². The van der Waals surface area contributed by atoms with Gasteiger partial charge in [0.1, 0.15) is 5.82 Å². The van der Waals surface area contributed by atoms with Gasteiger partial charge in [-0.25, -0.2) is 4.98 Å². The summed E-state index contributed by atoms with van der Waals surface area (Å²) in [4.78, 5) is 9.22. The van der Waals surface area contributed by atoms with Crippen molar-refractivity contribution in [3.05, 3.63) is 175 Å². The van der Waals surface area contributed by atoms with Gasteiger partial charge < -0.3 is 19.1 Å². The summed E-state index contributed by atoms with van der Waals surface area (Å²) in [6.45, 7) is 20.1. The topological polar surface area (TPSA) is 33.5 Å². The molecule has 0 atom stereocenters. The third-order valence-corrected chi connectivity index (χ3v) is 10.6. The van der Waals surface area contributed by atoms with Crippen LogP contribution in [0, 0.1) is 18.8 Å². The molecule has 1 aliphatic heterocycles. The summed E-state index contributed by atoms with van der Waals surface area (Å²) in [5, 5.41) is 2.23. The molecular formula is C49H47N4OPt-3. The van der Waals surface area contributed by atoms with Gasteiger partial charge in [0.15, 0.2) is 0 Å². The van der Waals surface area contributed by atoms with E-state index >= 15 is 0 Å². The van der Waals surface area contributed by atoms with E-state index in [9.17, 15) is 0 Å². The van der Waals surface area contributed by atoms with E-state index in [2.05, 4.69) is 210 Å². The zero-order valence-corrected chi connectivity index (χ0v) is 35.1. The third-order valence-electron chi connectivity index (χ3n) is 10.6.